The maximum absolute atomic E-state index is 5.55. The van der Waals surface area contributed by atoms with Gasteiger partial charge in [0.2, 0.25) is 0 Å². The topological polar surface area (TPSA) is 0 Å². The average Bonchev–Trinajstić information content (AvgIpc) is 1.77. The zero-order chi connectivity index (χ0) is 5.98. The predicted octanol–water partition coefficient (Wildman–Crippen LogP) is 2.84. The van der Waals surface area contributed by atoms with Crippen molar-refractivity contribution in [1.82, 2.24) is 0 Å². The first-order valence-electron chi connectivity index (χ1n) is 2.20. The molecule has 0 fully saturated rings. The third-order valence-electron chi connectivity index (χ3n) is 0.804. The van der Waals surface area contributed by atoms with E-state index in [1.165, 1.54) is 0 Å². The summed E-state index contributed by atoms with van der Waals surface area (Å²) in [4.78, 5) is 0. The molecule has 0 aliphatic rings. The Balaban J connectivity index is -0.000000213. The zero-order valence-electron chi connectivity index (χ0n) is 6.77. The monoisotopic (exact) mass is 172 g/mol. The Labute approximate surface area is 83.3 Å². The molecule has 0 spiro atoms. The number of rotatable bonds is 0. The molecule has 0 N–H and O–H groups in total. The van der Waals surface area contributed by atoms with E-state index in [1.54, 1.807) is 24.3 Å². The van der Waals surface area contributed by atoms with Gasteiger partial charge in [0.05, 0.1) is 0 Å². The molecule has 0 unspecified atom stereocenters. The first kappa shape index (κ1) is 9.57. The molecule has 0 amide bonds. The summed E-state index contributed by atoms with van der Waals surface area (Å²) in [5.74, 6) is 0. The standard InChI is InChI=1S/C6H4Cl2.Mg.2H/c7-5-1-2-6(8)4-3-5;;;/h1-4H;;;/q;+2;2*-1. The molecule has 0 aliphatic heterocycles. The van der Waals surface area contributed by atoms with Gasteiger partial charge in [-0.3, -0.25) is 0 Å². The van der Waals surface area contributed by atoms with Gasteiger partial charge in [-0.15, -0.1) is 0 Å². The van der Waals surface area contributed by atoms with Crippen molar-refractivity contribution in [2.75, 3.05) is 0 Å². The Morgan fingerprint density at radius 1 is 0.889 bits per heavy atom. The van der Waals surface area contributed by atoms with Crippen molar-refractivity contribution in [2.24, 2.45) is 0 Å². The minimum Gasteiger partial charge on any atom is -1.00 e. The largest absolute Gasteiger partial charge is 2.00 e. The van der Waals surface area contributed by atoms with Crippen LogP contribution in [-0.2, 0) is 0 Å². The van der Waals surface area contributed by atoms with E-state index in [0.29, 0.717) is 0 Å². The van der Waals surface area contributed by atoms with E-state index in [0.717, 1.165) is 10.0 Å². The van der Waals surface area contributed by atoms with Crippen LogP contribution in [0, 0.1) is 0 Å². The summed E-state index contributed by atoms with van der Waals surface area (Å²) in [7, 11) is 0. The molecule has 9 heavy (non-hydrogen) atoms. The summed E-state index contributed by atoms with van der Waals surface area (Å²) in [5.41, 5.74) is 0. The molecule has 0 bridgehead atoms. The molecule has 0 atom stereocenters. The van der Waals surface area contributed by atoms with Gasteiger partial charge in [0, 0.05) is 10.0 Å². The molecule has 1 aromatic carbocycles. The first-order valence-corrected chi connectivity index (χ1v) is 2.96. The molecule has 3 heteroatoms. The molecule has 46 valence electrons. The molecule has 0 aromatic heterocycles. The van der Waals surface area contributed by atoms with Crippen molar-refractivity contribution in [1.29, 1.82) is 0 Å². The average molecular weight is 173 g/mol. The van der Waals surface area contributed by atoms with Gasteiger partial charge in [0.25, 0.3) is 0 Å². The minimum absolute atomic E-state index is 0. The second kappa shape index (κ2) is 4.39. The second-order valence-corrected chi connectivity index (χ2v) is 2.31. The Kier molecular flexibility index (Phi) is 4.67. The van der Waals surface area contributed by atoms with Gasteiger partial charge < -0.3 is 2.85 Å². The van der Waals surface area contributed by atoms with Crippen molar-refractivity contribution < 1.29 is 2.85 Å². The molecule has 0 aliphatic carbocycles. The van der Waals surface area contributed by atoms with Gasteiger partial charge >= 0.3 is 23.1 Å². The van der Waals surface area contributed by atoms with Gasteiger partial charge in [-0.2, -0.15) is 0 Å². The molecule has 1 aromatic rings. The Bertz CT molecular complexity index is 157. The molecular formula is C6H6Cl2Mg. The normalized spacial score (nSPS) is 8.22. The summed E-state index contributed by atoms with van der Waals surface area (Å²) in [5, 5.41) is 1.43. The maximum Gasteiger partial charge on any atom is 2.00 e. The third kappa shape index (κ3) is 3.31. The minimum atomic E-state index is 0. The number of hydrogen-bond donors (Lipinski definition) is 0. The van der Waals surface area contributed by atoms with Gasteiger partial charge in [0.15, 0.2) is 0 Å². The molecule has 0 saturated carbocycles. The quantitative estimate of drug-likeness (QED) is 0.529. The summed E-state index contributed by atoms with van der Waals surface area (Å²) in [6.07, 6.45) is 0. The SMILES string of the molecule is Clc1ccc(Cl)cc1.[H-].[H-].[Mg+2]. The number of halogens is 2. The third-order valence-corrected chi connectivity index (χ3v) is 1.31. The van der Waals surface area contributed by atoms with Gasteiger partial charge in [0.1, 0.15) is 0 Å². The summed E-state index contributed by atoms with van der Waals surface area (Å²) in [6, 6.07) is 7.02. The van der Waals surface area contributed by atoms with E-state index in [9.17, 15) is 0 Å². The van der Waals surface area contributed by atoms with E-state index in [1.807, 2.05) is 0 Å². The second-order valence-electron chi connectivity index (χ2n) is 1.44. The van der Waals surface area contributed by atoms with Crippen molar-refractivity contribution >= 4 is 46.3 Å². The van der Waals surface area contributed by atoms with Crippen LogP contribution in [0.5, 0.6) is 0 Å². The summed E-state index contributed by atoms with van der Waals surface area (Å²) < 4.78 is 0. The van der Waals surface area contributed by atoms with Crippen LogP contribution in [0.25, 0.3) is 0 Å². The smallest absolute Gasteiger partial charge is 1.00 e. The Hall–Kier alpha value is 0.566. The van der Waals surface area contributed by atoms with Crippen molar-refractivity contribution in [2.45, 2.75) is 0 Å². The fourth-order valence-electron chi connectivity index (χ4n) is 0.430. The van der Waals surface area contributed by atoms with Crippen LogP contribution in [0.4, 0.5) is 0 Å². The Morgan fingerprint density at radius 3 is 1.33 bits per heavy atom. The van der Waals surface area contributed by atoms with Crippen LogP contribution in [0.15, 0.2) is 24.3 Å². The molecule has 0 saturated heterocycles. The predicted molar refractivity (Wildman–Crippen MR) is 44.4 cm³/mol. The fraction of sp³-hybridized carbons (Fsp3) is 0. The van der Waals surface area contributed by atoms with E-state index in [4.69, 9.17) is 23.2 Å². The van der Waals surface area contributed by atoms with E-state index in [2.05, 4.69) is 0 Å². The Morgan fingerprint density at radius 2 is 1.11 bits per heavy atom. The summed E-state index contributed by atoms with van der Waals surface area (Å²) >= 11 is 11.1. The molecule has 1 rings (SSSR count). The maximum atomic E-state index is 5.55. The molecule has 0 heterocycles. The van der Waals surface area contributed by atoms with E-state index < -0.39 is 0 Å². The molecule has 0 nitrogen and oxygen atoms in total. The van der Waals surface area contributed by atoms with Crippen LogP contribution >= 0.6 is 23.2 Å². The van der Waals surface area contributed by atoms with Gasteiger partial charge in [-0.1, -0.05) is 23.2 Å². The zero-order valence-corrected chi connectivity index (χ0v) is 7.70. The van der Waals surface area contributed by atoms with Crippen molar-refractivity contribution in [3.8, 4) is 0 Å². The van der Waals surface area contributed by atoms with Crippen LogP contribution in [-0.4, -0.2) is 23.1 Å². The van der Waals surface area contributed by atoms with Crippen LogP contribution < -0.4 is 0 Å². The van der Waals surface area contributed by atoms with Gasteiger partial charge in [-0.25, -0.2) is 0 Å². The summed E-state index contributed by atoms with van der Waals surface area (Å²) in [6.45, 7) is 0. The van der Waals surface area contributed by atoms with E-state index in [-0.39, 0.29) is 25.9 Å². The van der Waals surface area contributed by atoms with Crippen LogP contribution in [0.3, 0.4) is 0 Å². The molecule has 0 radical (unpaired) electrons. The molecular weight excluding hydrogens is 167 g/mol. The van der Waals surface area contributed by atoms with Gasteiger partial charge in [-0.05, 0) is 24.3 Å². The van der Waals surface area contributed by atoms with Crippen molar-refractivity contribution in [3.05, 3.63) is 34.3 Å². The van der Waals surface area contributed by atoms with Crippen LogP contribution in [0.2, 0.25) is 10.0 Å². The number of hydrogen-bond acceptors (Lipinski definition) is 0. The van der Waals surface area contributed by atoms with Crippen molar-refractivity contribution in [3.63, 3.8) is 0 Å². The fourth-order valence-corrected chi connectivity index (χ4v) is 0.682. The van der Waals surface area contributed by atoms with E-state index >= 15 is 0 Å². The number of benzene rings is 1. The van der Waals surface area contributed by atoms with Crippen LogP contribution in [0.1, 0.15) is 2.85 Å². The first-order chi connectivity index (χ1) is 3.79.